The molecule has 1 unspecified atom stereocenters. The van der Waals surface area contributed by atoms with Gasteiger partial charge in [0.25, 0.3) is 5.91 Å². The average Bonchev–Trinajstić information content (AvgIpc) is 3.41. The van der Waals surface area contributed by atoms with E-state index in [-0.39, 0.29) is 29.7 Å². The van der Waals surface area contributed by atoms with Crippen LogP contribution in [-0.4, -0.2) is 52.5 Å². The number of ether oxygens (including phenoxy) is 1. The molecule has 1 fully saturated rings. The summed E-state index contributed by atoms with van der Waals surface area (Å²) in [5.74, 6) is 0.0369. The third-order valence-corrected chi connectivity index (χ3v) is 11.2. The molecule has 3 heterocycles. The van der Waals surface area contributed by atoms with Crippen molar-refractivity contribution in [1.29, 1.82) is 0 Å². The molecule has 0 spiro atoms. The van der Waals surface area contributed by atoms with E-state index in [4.69, 9.17) is 14.7 Å². The number of hydrogen-bond donors (Lipinski definition) is 1. The number of imidazole rings is 1. The lowest BCUT2D eigenvalue weighted by atomic mass is 10.2. The highest BCUT2D eigenvalue weighted by Gasteiger charge is 2.45. The van der Waals surface area contributed by atoms with Crippen molar-refractivity contribution in [3.05, 3.63) is 59.0 Å². The monoisotopic (exact) mass is 494 g/mol. The molecule has 3 atom stereocenters. The number of rotatable bonds is 7. The summed E-state index contributed by atoms with van der Waals surface area (Å²) in [6.07, 6.45) is 2.53. The lowest BCUT2D eigenvalue weighted by Gasteiger charge is -2.39. The molecule has 12 heteroatoms. The first kappa shape index (κ1) is 24.8. The SMILES string of the molecule is CC(C)(C)[Si](C)(C)OC1C[C@H](n2cnc3c(NC(=O)c4ccccc4)ncnc32)O[C@@H]1CN=[N+]=[N-]. The van der Waals surface area contributed by atoms with Gasteiger partial charge in [0.2, 0.25) is 0 Å². The lowest BCUT2D eigenvalue weighted by molar-refractivity contribution is -0.00938. The topological polar surface area (TPSA) is 140 Å². The summed E-state index contributed by atoms with van der Waals surface area (Å²) >= 11 is 0. The van der Waals surface area contributed by atoms with Gasteiger partial charge in [-0.3, -0.25) is 9.36 Å². The molecule has 1 amide bonds. The Balaban J connectivity index is 1.59. The van der Waals surface area contributed by atoms with E-state index in [9.17, 15) is 4.79 Å². The molecule has 3 aromatic rings. The molecule has 11 nitrogen and oxygen atoms in total. The number of fused-ring (bicyclic) bond motifs is 1. The Bertz CT molecular complexity index is 1250. The van der Waals surface area contributed by atoms with Crippen LogP contribution in [0.5, 0.6) is 0 Å². The molecule has 1 aromatic carbocycles. The molecule has 2 aromatic heterocycles. The van der Waals surface area contributed by atoms with Crippen LogP contribution in [0.4, 0.5) is 5.82 Å². The molecule has 0 saturated carbocycles. The van der Waals surface area contributed by atoms with Crippen molar-refractivity contribution in [2.75, 3.05) is 11.9 Å². The standard InChI is InChI=1S/C23H30N8O3Si/c1-23(2,3)35(4,5)34-16-11-18(33-17(16)12-28-30-24)31-14-27-19-20(25-13-26-21(19)31)29-22(32)15-9-7-6-8-10-15/h6-10,13-14,16-18H,11-12H2,1-5H3,(H,25,26,29,32)/t16?,17-,18-/m1/s1. The van der Waals surface area contributed by atoms with E-state index < -0.39 is 14.5 Å². The molecule has 1 saturated heterocycles. The van der Waals surface area contributed by atoms with Crippen LogP contribution in [0.15, 0.2) is 48.1 Å². The third kappa shape index (κ3) is 5.20. The van der Waals surface area contributed by atoms with Crippen molar-refractivity contribution in [2.45, 2.75) is 63.8 Å². The van der Waals surface area contributed by atoms with Gasteiger partial charge in [0, 0.05) is 16.9 Å². The van der Waals surface area contributed by atoms with E-state index in [0.29, 0.717) is 29.0 Å². The number of benzene rings is 1. The fraction of sp³-hybridized carbons (Fsp3) is 0.478. The minimum absolute atomic E-state index is 0.0227. The largest absolute Gasteiger partial charge is 0.411 e. The van der Waals surface area contributed by atoms with Gasteiger partial charge in [0.05, 0.1) is 25.1 Å². The maximum atomic E-state index is 12.6. The highest BCUT2D eigenvalue weighted by Crippen LogP contribution is 2.41. The molecule has 0 radical (unpaired) electrons. The van der Waals surface area contributed by atoms with Crippen LogP contribution < -0.4 is 5.32 Å². The summed E-state index contributed by atoms with van der Waals surface area (Å²) in [6.45, 7) is 11.1. The van der Waals surface area contributed by atoms with Gasteiger partial charge < -0.3 is 14.5 Å². The fourth-order valence-electron chi connectivity index (χ4n) is 3.75. The van der Waals surface area contributed by atoms with E-state index in [1.807, 2.05) is 10.6 Å². The number of carbonyl (C=O) groups is 1. The van der Waals surface area contributed by atoms with Crippen molar-refractivity contribution in [1.82, 2.24) is 19.5 Å². The number of nitrogens with one attached hydrogen (secondary N) is 1. The second kappa shape index (κ2) is 9.74. The maximum absolute atomic E-state index is 12.6. The predicted octanol–water partition coefficient (Wildman–Crippen LogP) is 5.07. The predicted molar refractivity (Wildman–Crippen MR) is 134 cm³/mol. The smallest absolute Gasteiger partial charge is 0.256 e. The summed E-state index contributed by atoms with van der Waals surface area (Å²) in [5, 5.41) is 6.58. The molecule has 0 bridgehead atoms. The Morgan fingerprint density at radius 3 is 2.71 bits per heavy atom. The number of nitrogens with zero attached hydrogens (tertiary/aromatic N) is 7. The minimum atomic E-state index is -2.09. The Labute approximate surface area is 204 Å². The Morgan fingerprint density at radius 1 is 1.29 bits per heavy atom. The van der Waals surface area contributed by atoms with Crippen LogP contribution in [0.3, 0.4) is 0 Å². The van der Waals surface area contributed by atoms with Gasteiger partial charge >= 0.3 is 0 Å². The van der Waals surface area contributed by atoms with Crippen LogP contribution in [0, 0.1) is 0 Å². The normalized spacial score (nSPS) is 20.5. The summed E-state index contributed by atoms with van der Waals surface area (Å²) in [6, 6.07) is 8.90. The number of aromatic nitrogens is 4. The number of amides is 1. The molecular weight excluding hydrogens is 464 g/mol. The van der Waals surface area contributed by atoms with Gasteiger partial charge in [-0.2, -0.15) is 0 Å². The van der Waals surface area contributed by atoms with Crippen molar-refractivity contribution < 1.29 is 14.0 Å². The zero-order valence-electron chi connectivity index (χ0n) is 20.5. The Morgan fingerprint density at radius 2 is 2.03 bits per heavy atom. The Hall–Kier alpha value is -3.31. The van der Waals surface area contributed by atoms with E-state index in [1.165, 1.54) is 6.33 Å². The van der Waals surface area contributed by atoms with Gasteiger partial charge in [0.1, 0.15) is 12.6 Å². The molecule has 1 aliphatic rings. The number of azide groups is 1. The van der Waals surface area contributed by atoms with Crippen molar-refractivity contribution >= 4 is 31.2 Å². The minimum Gasteiger partial charge on any atom is -0.411 e. The highest BCUT2D eigenvalue weighted by molar-refractivity contribution is 6.74. The van der Waals surface area contributed by atoms with E-state index >= 15 is 0 Å². The van der Waals surface area contributed by atoms with Crippen LogP contribution in [0.1, 0.15) is 43.8 Å². The lowest BCUT2D eigenvalue weighted by Crippen LogP contribution is -2.46. The zero-order valence-corrected chi connectivity index (χ0v) is 21.5. The van der Waals surface area contributed by atoms with E-state index in [2.05, 4.69) is 64.2 Å². The summed E-state index contributed by atoms with van der Waals surface area (Å²) in [5.41, 5.74) is 10.4. The molecular formula is C23H30N8O3Si. The van der Waals surface area contributed by atoms with Gasteiger partial charge in [-0.05, 0) is 35.8 Å². The molecule has 35 heavy (non-hydrogen) atoms. The van der Waals surface area contributed by atoms with Crippen LogP contribution in [-0.2, 0) is 9.16 Å². The summed E-state index contributed by atoms with van der Waals surface area (Å²) in [4.78, 5) is 28.6. The van der Waals surface area contributed by atoms with Crippen LogP contribution in [0.2, 0.25) is 18.1 Å². The molecule has 184 valence electrons. The van der Waals surface area contributed by atoms with Gasteiger partial charge in [-0.15, -0.1) is 0 Å². The van der Waals surface area contributed by atoms with Crippen molar-refractivity contribution in [3.63, 3.8) is 0 Å². The maximum Gasteiger partial charge on any atom is 0.256 e. The van der Waals surface area contributed by atoms with Crippen molar-refractivity contribution in [3.8, 4) is 0 Å². The van der Waals surface area contributed by atoms with Crippen LogP contribution in [0.25, 0.3) is 21.6 Å². The molecule has 4 rings (SSSR count). The molecule has 1 N–H and O–H groups in total. The molecule has 0 aliphatic carbocycles. The van der Waals surface area contributed by atoms with Gasteiger partial charge in [0.15, 0.2) is 25.3 Å². The average molecular weight is 495 g/mol. The zero-order chi connectivity index (χ0) is 25.2. The number of hydrogen-bond acceptors (Lipinski definition) is 7. The van der Waals surface area contributed by atoms with Crippen molar-refractivity contribution in [2.24, 2.45) is 5.11 Å². The fourth-order valence-corrected chi connectivity index (χ4v) is 5.11. The van der Waals surface area contributed by atoms with E-state index in [0.717, 1.165) is 0 Å². The van der Waals surface area contributed by atoms with Crippen LogP contribution >= 0.6 is 0 Å². The summed E-state index contributed by atoms with van der Waals surface area (Å²) in [7, 11) is -2.09. The molecule has 1 aliphatic heterocycles. The Kier molecular flexibility index (Phi) is 6.90. The second-order valence-electron chi connectivity index (χ2n) is 10.1. The summed E-state index contributed by atoms with van der Waals surface area (Å²) < 4.78 is 14.7. The number of anilines is 1. The van der Waals surface area contributed by atoms with Gasteiger partial charge in [-0.1, -0.05) is 44.1 Å². The first-order valence-electron chi connectivity index (χ1n) is 11.5. The second-order valence-corrected chi connectivity index (χ2v) is 14.8. The first-order valence-corrected chi connectivity index (χ1v) is 14.4. The highest BCUT2D eigenvalue weighted by atomic mass is 28.4. The first-order chi connectivity index (χ1) is 16.6. The van der Waals surface area contributed by atoms with E-state index in [1.54, 1.807) is 30.6 Å². The van der Waals surface area contributed by atoms with Gasteiger partial charge in [-0.25, -0.2) is 15.0 Å². The number of carbonyl (C=O) groups excluding carboxylic acids is 1. The quantitative estimate of drug-likeness (QED) is 0.210. The third-order valence-electron chi connectivity index (χ3n) is 6.69.